The van der Waals surface area contributed by atoms with Crippen molar-refractivity contribution in [1.29, 1.82) is 0 Å². The summed E-state index contributed by atoms with van der Waals surface area (Å²) in [5.41, 5.74) is 1.55. The second-order valence-corrected chi connectivity index (χ2v) is 3.77. The van der Waals surface area contributed by atoms with E-state index in [0.29, 0.717) is 5.69 Å². The number of rotatable bonds is 1. The van der Waals surface area contributed by atoms with Gasteiger partial charge in [-0.3, -0.25) is 0 Å². The van der Waals surface area contributed by atoms with E-state index >= 15 is 0 Å². The summed E-state index contributed by atoms with van der Waals surface area (Å²) in [6, 6.07) is 12.4. The summed E-state index contributed by atoms with van der Waals surface area (Å²) in [5.74, 6) is -0.456. The van der Waals surface area contributed by atoms with Crippen LogP contribution in [0, 0.1) is 5.95 Å². The minimum Gasteiger partial charge on any atom is -0.220 e. The fraction of sp³-hybridized carbons (Fsp3) is 0. The standard InChI is InChI=1S/C11H7BrFN/c12-9-4-1-3-8(7-9)10-5-2-6-11(13)14-10/h1-7H. The maximum atomic E-state index is 12.8. The van der Waals surface area contributed by atoms with Gasteiger partial charge in [0.05, 0.1) is 5.69 Å². The van der Waals surface area contributed by atoms with Crippen molar-refractivity contribution in [2.45, 2.75) is 0 Å². The molecule has 0 amide bonds. The number of hydrogen-bond acceptors (Lipinski definition) is 1. The molecule has 0 atom stereocenters. The Labute approximate surface area is 89.7 Å². The molecular weight excluding hydrogens is 245 g/mol. The number of pyridine rings is 1. The lowest BCUT2D eigenvalue weighted by Crippen LogP contribution is -1.86. The van der Waals surface area contributed by atoms with Crippen LogP contribution in [0.2, 0.25) is 0 Å². The molecule has 0 saturated carbocycles. The van der Waals surface area contributed by atoms with Crippen LogP contribution in [-0.4, -0.2) is 4.98 Å². The topological polar surface area (TPSA) is 12.9 Å². The molecule has 14 heavy (non-hydrogen) atoms. The number of aromatic nitrogens is 1. The molecule has 0 spiro atoms. The first-order chi connectivity index (χ1) is 6.75. The molecule has 0 aliphatic rings. The van der Waals surface area contributed by atoms with Crippen molar-refractivity contribution in [2.24, 2.45) is 0 Å². The molecular formula is C11H7BrFN. The van der Waals surface area contributed by atoms with Gasteiger partial charge in [0.1, 0.15) is 0 Å². The monoisotopic (exact) mass is 251 g/mol. The molecule has 0 unspecified atom stereocenters. The predicted molar refractivity (Wildman–Crippen MR) is 57.3 cm³/mol. The van der Waals surface area contributed by atoms with Gasteiger partial charge in [0.2, 0.25) is 5.95 Å². The number of benzene rings is 1. The Morgan fingerprint density at radius 3 is 2.57 bits per heavy atom. The molecule has 0 fully saturated rings. The zero-order valence-electron chi connectivity index (χ0n) is 7.24. The molecule has 0 aliphatic heterocycles. The molecule has 0 saturated heterocycles. The first kappa shape index (κ1) is 9.34. The van der Waals surface area contributed by atoms with Gasteiger partial charge in [0.25, 0.3) is 0 Å². The third-order valence-corrected chi connectivity index (χ3v) is 2.33. The summed E-state index contributed by atoms with van der Waals surface area (Å²) in [6.45, 7) is 0. The number of halogens is 2. The van der Waals surface area contributed by atoms with E-state index in [1.54, 1.807) is 12.1 Å². The SMILES string of the molecule is Fc1cccc(-c2cccc(Br)c2)n1. The van der Waals surface area contributed by atoms with E-state index < -0.39 is 5.95 Å². The Balaban J connectivity index is 2.49. The van der Waals surface area contributed by atoms with Crippen LogP contribution in [0.3, 0.4) is 0 Å². The minimum atomic E-state index is -0.456. The van der Waals surface area contributed by atoms with E-state index in [9.17, 15) is 4.39 Å². The Hall–Kier alpha value is -1.22. The highest BCUT2D eigenvalue weighted by atomic mass is 79.9. The van der Waals surface area contributed by atoms with Crippen LogP contribution in [0.15, 0.2) is 46.9 Å². The molecule has 0 bridgehead atoms. The second kappa shape index (κ2) is 3.88. The molecule has 3 heteroatoms. The highest BCUT2D eigenvalue weighted by Crippen LogP contribution is 2.20. The summed E-state index contributed by atoms with van der Waals surface area (Å²) < 4.78 is 13.8. The van der Waals surface area contributed by atoms with Crippen molar-refractivity contribution in [2.75, 3.05) is 0 Å². The summed E-state index contributed by atoms with van der Waals surface area (Å²) >= 11 is 3.36. The molecule has 1 heterocycles. The van der Waals surface area contributed by atoms with E-state index in [-0.39, 0.29) is 0 Å². The molecule has 1 nitrogen and oxygen atoms in total. The van der Waals surface area contributed by atoms with E-state index in [2.05, 4.69) is 20.9 Å². The quantitative estimate of drug-likeness (QED) is 0.706. The van der Waals surface area contributed by atoms with Crippen molar-refractivity contribution in [3.63, 3.8) is 0 Å². The molecule has 2 rings (SSSR count). The fourth-order valence-electron chi connectivity index (χ4n) is 1.22. The molecule has 1 aromatic carbocycles. The van der Waals surface area contributed by atoms with Gasteiger partial charge in [-0.2, -0.15) is 4.39 Å². The Bertz CT molecular complexity index is 413. The van der Waals surface area contributed by atoms with Crippen LogP contribution in [-0.2, 0) is 0 Å². The van der Waals surface area contributed by atoms with Gasteiger partial charge in [-0.15, -0.1) is 0 Å². The van der Waals surface area contributed by atoms with Gasteiger partial charge in [0.15, 0.2) is 0 Å². The smallest absolute Gasteiger partial charge is 0.213 e. The van der Waals surface area contributed by atoms with Gasteiger partial charge < -0.3 is 0 Å². The largest absolute Gasteiger partial charge is 0.220 e. The summed E-state index contributed by atoms with van der Waals surface area (Å²) in [6.07, 6.45) is 0. The maximum absolute atomic E-state index is 12.8. The van der Waals surface area contributed by atoms with Crippen molar-refractivity contribution in [1.82, 2.24) is 4.98 Å². The summed E-state index contributed by atoms with van der Waals surface area (Å²) in [7, 11) is 0. The van der Waals surface area contributed by atoms with E-state index in [1.807, 2.05) is 24.3 Å². The Morgan fingerprint density at radius 2 is 1.86 bits per heavy atom. The van der Waals surface area contributed by atoms with Crippen molar-refractivity contribution >= 4 is 15.9 Å². The number of hydrogen-bond donors (Lipinski definition) is 0. The highest BCUT2D eigenvalue weighted by Gasteiger charge is 2.00. The van der Waals surface area contributed by atoms with Gasteiger partial charge in [-0.25, -0.2) is 4.98 Å². The normalized spacial score (nSPS) is 10.1. The molecule has 0 N–H and O–H groups in total. The van der Waals surface area contributed by atoms with Crippen molar-refractivity contribution in [3.05, 3.63) is 52.9 Å². The average molecular weight is 252 g/mol. The van der Waals surface area contributed by atoms with E-state index in [1.165, 1.54) is 6.07 Å². The highest BCUT2D eigenvalue weighted by molar-refractivity contribution is 9.10. The van der Waals surface area contributed by atoms with Crippen LogP contribution in [0.5, 0.6) is 0 Å². The summed E-state index contributed by atoms with van der Waals surface area (Å²) in [5, 5.41) is 0. The van der Waals surface area contributed by atoms with Gasteiger partial charge >= 0.3 is 0 Å². The van der Waals surface area contributed by atoms with Crippen molar-refractivity contribution in [3.8, 4) is 11.3 Å². The fourth-order valence-corrected chi connectivity index (χ4v) is 1.62. The van der Waals surface area contributed by atoms with Crippen molar-refractivity contribution < 1.29 is 4.39 Å². The molecule has 0 radical (unpaired) electrons. The third kappa shape index (κ3) is 1.99. The Kier molecular flexibility index (Phi) is 2.59. The second-order valence-electron chi connectivity index (χ2n) is 2.86. The molecule has 2 aromatic rings. The first-order valence-corrected chi connectivity index (χ1v) is 4.93. The van der Waals surface area contributed by atoms with Gasteiger partial charge in [-0.1, -0.05) is 34.1 Å². The van der Waals surface area contributed by atoms with Crippen LogP contribution in [0.4, 0.5) is 4.39 Å². The molecule has 0 aliphatic carbocycles. The van der Waals surface area contributed by atoms with Gasteiger partial charge in [-0.05, 0) is 24.3 Å². The van der Waals surface area contributed by atoms with Crippen LogP contribution < -0.4 is 0 Å². The van der Waals surface area contributed by atoms with Crippen LogP contribution >= 0.6 is 15.9 Å². The third-order valence-electron chi connectivity index (χ3n) is 1.84. The van der Waals surface area contributed by atoms with Crippen LogP contribution in [0.1, 0.15) is 0 Å². The van der Waals surface area contributed by atoms with E-state index in [0.717, 1.165) is 10.0 Å². The lowest BCUT2D eigenvalue weighted by atomic mass is 10.1. The average Bonchev–Trinajstić information content (AvgIpc) is 2.18. The predicted octanol–water partition coefficient (Wildman–Crippen LogP) is 3.65. The Morgan fingerprint density at radius 1 is 1.07 bits per heavy atom. The lowest BCUT2D eigenvalue weighted by Gasteiger charge is -2.00. The zero-order valence-corrected chi connectivity index (χ0v) is 8.83. The molecule has 70 valence electrons. The summed E-state index contributed by atoms with van der Waals surface area (Å²) in [4.78, 5) is 3.80. The lowest BCUT2D eigenvalue weighted by molar-refractivity contribution is 0.585. The van der Waals surface area contributed by atoms with Gasteiger partial charge in [0, 0.05) is 10.0 Å². The van der Waals surface area contributed by atoms with Crippen LogP contribution in [0.25, 0.3) is 11.3 Å². The van der Waals surface area contributed by atoms with E-state index in [4.69, 9.17) is 0 Å². The maximum Gasteiger partial charge on any atom is 0.213 e. The first-order valence-electron chi connectivity index (χ1n) is 4.14. The zero-order chi connectivity index (χ0) is 9.97. The minimum absolute atomic E-state index is 0.456. The number of nitrogens with zero attached hydrogens (tertiary/aromatic N) is 1. The molecule has 1 aromatic heterocycles.